The highest BCUT2D eigenvalue weighted by atomic mass is 32.2. The maximum atomic E-state index is 12.5. The van der Waals surface area contributed by atoms with Crippen molar-refractivity contribution in [3.63, 3.8) is 0 Å². The zero-order chi connectivity index (χ0) is 18.4. The van der Waals surface area contributed by atoms with Crippen molar-refractivity contribution in [1.82, 2.24) is 14.9 Å². The van der Waals surface area contributed by atoms with Gasteiger partial charge in [-0.1, -0.05) is 18.2 Å². The summed E-state index contributed by atoms with van der Waals surface area (Å²) in [4.78, 5) is 24.6. The lowest BCUT2D eigenvalue weighted by molar-refractivity contribution is -0.895. The molecule has 1 heterocycles. The number of nitrogens with zero attached hydrogens (tertiary/aromatic N) is 1. The number of quaternary nitrogens is 1. The minimum Gasteiger partial charge on any atom is -0.336 e. The third kappa shape index (κ3) is 5.52. The van der Waals surface area contributed by atoms with Gasteiger partial charge in [0.05, 0.1) is 31.1 Å². The van der Waals surface area contributed by atoms with Gasteiger partial charge in [-0.05, 0) is 26.0 Å². The molecule has 0 atom stereocenters. The maximum Gasteiger partial charge on any atom is 0.321 e. The Morgan fingerprint density at radius 3 is 2.32 bits per heavy atom. The van der Waals surface area contributed by atoms with Crippen LogP contribution in [0.5, 0.6) is 0 Å². The van der Waals surface area contributed by atoms with E-state index in [1.54, 1.807) is 30.3 Å². The zero-order valence-corrected chi connectivity index (χ0v) is 15.3. The Labute approximate surface area is 148 Å². The predicted octanol–water partition coefficient (Wildman–Crippen LogP) is -1.19. The molecule has 138 valence electrons. The van der Waals surface area contributed by atoms with Gasteiger partial charge in [-0.3, -0.25) is 10.1 Å². The average molecular weight is 369 g/mol. The van der Waals surface area contributed by atoms with E-state index in [1.165, 1.54) is 4.31 Å². The van der Waals surface area contributed by atoms with Gasteiger partial charge in [-0.15, -0.1) is 0 Å². The summed E-state index contributed by atoms with van der Waals surface area (Å²) in [5.74, 6) is -0.368. The van der Waals surface area contributed by atoms with Crippen molar-refractivity contribution in [2.45, 2.75) is 24.8 Å². The van der Waals surface area contributed by atoms with E-state index in [-0.39, 0.29) is 23.4 Å². The van der Waals surface area contributed by atoms with Crippen LogP contribution in [0.3, 0.4) is 0 Å². The molecule has 0 radical (unpaired) electrons. The number of benzene rings is 1. The number of hydrogen-bond donors (Lipinski definition) is 3. The lowest BCUT2D eigenvalue weighted by Gasteiger charge is -2.31. The molecule has 0 spiro atoms. The molecule has 1 aromatic rings. The first-order valence-corrected chi connectivity index (χ1v) is 9.72. The Hall–Kier alpha value is -1.97. The largest absolute Gasteiger partial charge is 0.336 e. The van der Waals surface area contributed by atoms with Crippen LogP contribution in [0.15, 0.2) is 35.2 Å². The van der Waals surface area contributed by atoms with Gasteiger partial charge >= 0.3 is 6.03 Å². The second-order valence-corrected chi connectivity index (χ2v) is 8.26. The first-order valence-electron chi connectivity index (χ1n) is 8.28. The predicted molar refractivity (Wildman–Crippen MR) is 92.6 cm³/mol. The van der Waals surface area contributed by atoms with Crippen molar-refractivity contribution in [3.05, 3.63) is 30.3 Å². The summed E-state index contributed by atoms with van der Waals surface area (Å²) in [5.41, 5.74) is 0. The Kier molecular flexibility index (Phi) is 6.51. The highest BCUT2D eigenvalue weighted by Crippen LogP contribution is 2.14. The summed E-state index contributed by atoms with van der Waals surface area (Å²) in [6.45, 7) is 5.49. The molecule has 2 rings (SSSR count). The van der Waals surface area contributed by atoms with Crippen LogP contribution < -0.4 is 15.5 Å². The maximum absolute atomic E-state index is 12.5. The molecular formula is C16H25N4O4S+. The van der Waals surface area contributed by atoms with E-state index in [4.69, 9.17) is 0 Å². The first kappa shape index (κ1) is 19.4. The van der Waals surface area contributed by atoms with Gasteiger partial charge in [0, 0.05) is 6.04 Å². The Balaban J connectivity index is 1.84. The lowest BCUT2D eigenvalue weighted by atomic mass is 10.3. The lowest BCUT2D eigenvalue weighted by Crippen LogP contribution is -3.15. The zero-order valence-electron chi connectivity index (χ0n) is 14.5. The van der Waals surface area contributed by atoms with Gasteiger partial charge in [0.1, 0.15) is 0 Å². The third-order valence-corrected chi connectivity index (χ3v) is 5.81. The number of amides is 3. The summed E-state index contributed by atoms with van der Waals surface area (Å²) >= 11 is 0. The van der Waals surface area contributed by atoms with Crippen LogP contribution in [0.25, 0.3) is 0 Å². The van der Waals surface area contributed by atoms with E-state index < -0.39 is 16.1 Å². The third-order valence-electron chi connectivity index (χ3n) is 3.89. The normalized spacial score (nSPS) is 16.6. The van der Waals surface area contributed by atoms with Gasteiger partial charge in [0.25, 0.3) is 5.91 Å². The number of piperazine rings is 1. The number of sulfonamides is 1. The van der Waals surface area contributed by atoms with Crippen LogP contribution in [0.2, 0.25) is 0 Å². The molecule has 1 saturated heterocycles. The number of rotatable bonds is 5. The fourth-order valence-electron chi connectivity index (χ4n) is 2.66. The van der Waals surface area contributed by atoms with Crippen molar-refractivity contribution in [3.8, 4) is 0 Å². The second kappa shape index (κ2) is 8.41. The van der Waals surface area contributed by atoms with E-state index in [0.29, 0.717) is 26.2 Å². The summed E-state index contributed by atoms with van der Waals surface area (Å²) < 4.78 is 26.5. The number of carbonyl (C=O) groups excluding carboxylic acids is 2. The summed E-state index contributed by atoms with van der Waals surface area (Å²) in [6, 6.07) is 7.76. The smallest absolute Gasteiger partial charge is 0.321 e. The van der Waals surface area contributed by atoms with E-state index in [0.717, 1.165) is 4.90 Å². The Morgan fingerprint density at radius 2 is 1.76 bits per heavy atom. The molecular weight excluding hydrogens is 344 g/mol. The number of urea groups is 1. The topological polar surface area (TPSA) is 100 Å². The molecule has 0 bridgehead atoms. The van der Waals surface area contributed by atoms with Crippen molar-refractivity contribution >= 4 is 22.0 Å². The molecule has 1 fully saturated rings. The van der Waals surface area contributed by atoms with Gasteiger partial charge in [0.2, 0.25) is 10.0 Å². The molecule has 0 unspecified atom stereocenters. The molecule has 3 amide bonds. The van der Waals surface area contributed by atoms with Crippen LogP contribution in [0.1, 0.15) is 13.8 Å². The van der Waals surface area contributed by atoms with Gasteiger partial charge < -0.3 is 10.2 Å². The Bertz CT molecular complexity index is 698. The molecule has 1 aliphatic heterocycles. The quantitative estimate of drug-likeness (QED) is 0.608. The number of imide groups is 1. The fraction of sp³-hybridized carbons (Fsp3) is 0.500. The second-order valence-electron chi connectivity index (χ2n) is 6.32. The molecule has 0 aliphatic carbocycles. The molecule has 1 aromatic carbocycles. The summed E-state index contributed by atoms with van der Waals surface area (Å²) in [7, 11) is -3.49. The molecule has 3 N–H and O–H groups in total. The van der Waals surface area contributed by atoms with E-state index in [9.17, 15) is 18.0 Å². The minimum absolute atomic E-state index is 0.0492. The monoisotopic (exact) mass is 369 g/mol. The van der Waals surface area contributed by atoms with Crippen molar-refractivity contribution in [2.75, 3.05) is 32.7 Å². The molecule has 25 heavy (non-hydrogen) atoms. The molecule has 8 nitrogen and oxygen atoms in total. The SMILES string of the molecule is CC(C)NC(=O)NC(=O)C[NH+]1CCN(S(=O)(=O)c2ccccc2)CC1. The van der Waals surface area contributed by atoms with E-state index in [1.807, 2.05) is 13.8 Å². The van der Waals surface area contributed by atoms with Crippen LogP contribution >= 0.6 is 0 Å². The fourth-order valence-corrected chi connectivity index (χ4v) is 4.12. The number of hydrogen-bond acceptors (Lipinski definition) is 4. The van der Waals surface area contributed by atoms with Crippen LogP contribution in [-0.2, 0) is 14.8 Å². The van der Waals surface area contributed by atoms with Gasteiger partial charge in [0.15, 0.2) is 6.54 Å². The highest BCUT2D eigenvalue weighted by molar-refractivity contribution is 7.89. The number of nitrogens with one attached hydrogen (secondary N) is 3. The molecule has 0 saturated carbocycles. The number of carbonyl (C=O) groups is 2. The van der Waals surface area contributed by atoms with Crippen LogP contribution in [0.4, 0.5) is 4.79 Å². The van der Waals surface area contributed by atoms with Gasteiger partial charge in [-0.25, -0.2) is 13.2 Å². The van der Waals surface area contributed by atoms with Crippen LogP contribution in [-0.4, -0.2) is 63.4 Å². The molecule has 1 aliphatic rings. The minimum atomic E-state index is -3.49. The van der Waals surface area contributed by atoms with Crippen LogP contribution in [0, 0.1) is 0 Å². The molecule has 9 heteroatoms. The van der Waals surface area contributed by atoms with Crippen molar-refractivity contribution in [2.24, 2.45) is 0 Å². The van der Waals surface area contributed by atoms with Gasteiger partial charge in [-0.2, -0.15) is 4.31 Å². The van der Waals surface area contributed by atoms with Crippen molar-refractivity contribution in [1.29, 1.82) is 0 Å². The van der Waals surface area contributed by atoms with E-state index >= 15 is 0 Å². The first-order chi connectivity index (χ1) is 11.8. The standard InChI is InChI=1S/C16H24N4O4S/c1-13(2)17-16(22)18-15(21)12-19-8-10-20(11-9-19)25(23,24)14-6-4-3-5-7-14/h3-7,13H,8-12H2,1-2H3,(H2,17,18,21,22)/p+1. The highest BCUT2D eigenvalue weighted by Gasteiger charge is 2.31. The summed E-state index contributed by atoms with van der Waals surface area (Å²) in [5, 5.41) is 4.87. The Morgan fingerprint density at radius 1 is 1.16 bits per heavy atom. The molecule has 0 aromatic heterocycles. The average Bonchev–Trinajstić information content (AvgIpc) is 2.55. The van der Waals surface area contributed by atoms with E-state index in [2.05, 4.69) is 10.6 Å². The van der Waals surface area contributed by atoms with Crippen molar-refractivity contribution < 1.29 is 22.9 Å². The summed E-state index contributed by atoms with van der Waals surface area (Å²) in [6.07, 6.45) is 0.